The molecule has 5 heteroatoms. The molecule has 1 aromatic carbocycles. The average Bonchev–Trinajstić information content (AvgIpc) is 2.47. The van der Waals surface area contributed by atoms with Crippen LogP contribution in [0, 0.1) is 6.92 Å². The molecule has 0 aliphatic rings. The van der Waals surface area contributed by atoms with E-state index in [4.69, 9.17) is 4.55 Å². The first-order chi connectivity index (χ1) is 6.48. The number of hydrogen-bond donors (Lipinski definition) is 1. The Balaban J connectivity index is 2.84. The van der Waals surface area contributed by atoms with Gasteiger partial charge < -0.3 is 0 Å². The summed E-state index contributed by atoms with van der Waals surface area (Å²) in [6.45, 7) is 1.67. The third-order valence-electron chi connectivity index (χ3n) is 2.05. The van der Waals surface area contributed by atoms with Gasteiger partial charge in [0.25, 0.3) is 10.1 Å². The van der Waals surface area contributed by atoms with Gasteiger partial charge in [0.2, 0.25) is 0 Å². The van der Waals surface area contributed by atoms with Gasteiger partial charge in [-0.25, -0.2) is 0 Å². The molecule has 0 saturated carbocycles. The lowest BCUT2D eigenvalue weighted by Crippen LogP contribution is -2.00. The molecule has 0 radical (unpaired) electrons. The van der Waals surface area contributed by atoms with Gasteiger partial charge in [0, 0.05) is 0 Å². The van der Waals surface area contributed by atoms with E-state index in [1.54, 1.807) is 13.0 Å². The number of thiophene rings is 1. The first-order valence-corrected chi connectivity index (χ1v) is 6.31. The van der Waals surface area contributed by atoms with Crippen LogP contribution in [0.2, 0.25) is 0 Å². The van der Waals surface area contributed by atoms with E-state index in [-0.39, 0.29) is 4.90 Å². The van der Waals surface area contributed by atoms with Crippen molar-refractivity contribution >= 4 is 32.2 Å². The van der Waals surface area contributed by atoms with Crippen molar-refractivity contribution in [2.75, 3.05) is 0 Å². The van der Waals surface area contributed by atoms with Gasteiger partial charge in [-0.3, -0.25) is 4.55 Å². The van der Waals surface area contributed by atoms with E-state index in [9.17, 15) is 8.42 Å². The quantitative estimate of drug-likeness (QED) is 0.763. The monoisotopic (exact) mass is 228 g/mol. The lowest BCUT2D eigenvalue weighted by atomic mass is 10.1. The van der Waals surface area contributed by atoms with Crippen molar-refractivity contribution in [3.63, 3.8) is 0 Å². The normalized spacial score (nSPS) is 12.1. The zero-order valence-corrected chi connectivity index (χ0v) is 9.02. The van der Waals surface area contributed by atoms with Gasteiger partial charge in [0.15, 0.2) is 0 Å². The maximum atomic E-state index is 11.0. The highest BCUT2D eigenvalue weighted by Gasteiger charge is 2.13. The predicted molar refractivity (Wildman–Crippen MR) is 56.4 cm³/mol. The molecule has 2 aromatic rings. The summed E-state index contributed by atoms with van der Waals surface area (Å²) in [4.78, 5) is -0.0107. The van der Waals surface area contributed by atoms with Gasteiger partial charge in [-0.1, -0.05) is 0 Å². The molecule has 0 fully saturated rings. The summed E-state index contributed by atoms with van der Waals surface area (Å²) in [5.41, 5.74) is 0.568. The van der Waals surface area contributed by atoms with Crippen molar-refractivity contribution in [2.45, 2.75) is 11.8 Å². The zero-order valence-electron chi connectivity index (χ0n) is 7.39. The van der Waals surface area contributed by atoms with Crippen LogP contribution in [0.15, 0.2) is 27.8 Å². The number of hydrogen-bond acceptors (Lipinski definition) is 3. The lowest BCUT2D eigenvalue weighted by molar-refractivity contribution is 0.482. The van der Waals surface area contributed by atoms with E-state index in [0.717, 1.165) is 10.8 Å². The van der Waals surface area contributed by atoms with Gasteiger partial charge in [0.1, 0.15) is 0 Å². The number of rotatable bonds is 1. The molecule has 3 nitrogen and oxygen atoms in total. The summed E-state index contributed by atoms with van der Waals surface area (Å²) in [5.74, 6) is 0. The largest absolute Gasteiger partial charge is 0.294 e. The minimum absolute atomic E-state index is 0.0107. The molecule has 0 bridgehead atoms. The molecule has 1 aromatic heterocycles. The Kier molecular flexibility index (Phi) is 2.10. The summed E-state index contributed by atoms with van der Waals surface area (Å²) >= 11 is 1.50. The van der Waals surface area contributed by atoms with Crippen molar-refractivity contribution in [3.8, 4) is 0 Å². The van der Waals surface area contributed by atoms with E-state index < -0.39 is 10.1 Å². The standard InChI is InChI=1S/C9H8O3S2/c1-6-2-7-4-13-5-8(7)3-9(6)14(10,11)12/h2-5H,1H3,(H,10,11,12). The molecule has 1 heterocycles. The van der Waals surface area contributed by atoms with Crippen LogP contribution in [0.1, 0.15) is 5.56 Å². The first kappa shape index (κ1) is 9.64. The van der Waals surface area contributed by atoms with Crippen LogP contribution in [-0.4, -0.2) is 13.0 Å². The van der Waals surface area contributed by atoms with E-state index in [2.05, 4.69) is 0 Å². The Labute approximate surface area is 85.7 Å². The molecular weight excluding hydrogens is 220 g/mol. The van der Waals surface area contributed by atoms with E-state index in [1.807, 2.05) is 10.8 Å². The fourth-order valence-corrected chi connectivity index (χ4v) is 2.90. The van der Waals surface area contributed by atoms with Gasteiger partial charge in [-0.2, -0.15) is 19.8 Å². The second-order valence-electron chi connectivity index (χ2n) is 3.09. The summed E-state index contributed by atoms with van der Waals surface area (Å²) in [5, 5.41) is 5.63. The van der Waals surface area contributed by atoms with Crippen LogP contribution in [0.5, 0.6) is 0 Å². The third kappa shape index (κ3) is 1.54. The highest BCUT2D eigenvalue weighted by atomic mass is 32.2. The minimum atomic E-state index is -4.10. The second kappa shape index (κ2) is 3.05. The Morgan fingerprint density at radius 1 is 1.21 bits per heavy atom. The smallest absolute Gasteiger partial charge is 0.282 e. The Morgan fingerprint density at radius 2 is 1.79 bits per heavy atom. The summed E-state index contributed by atoms with van der Waals surface area (Å²) in [7, 11) is -4.10. The average molecular weight is 228 g/mol. The molecule has 0 saturated heterocycles. The van der Waals surface area contributed by atoms with Crippen LogP contribution in [0.4, 0.5) is 0 Å². The van der Waals surface area contributed by atoms with Gasteiger partial charge in [-0.05, 0) is 46.2 Å². The van der Waals surface area contributed by atoms with E-state index >= 15 is 0 Å². The third-order valence-corrected chi connectivity index (χ3v) is 3.82. The van der Waals surface area contributed by atoms with Gasteiger partial charge >= 0.3 is 0 Å². The number of benzene rings is 1. The first-order valence-electron chi connectivity index (χ1n) is 3.92. The van der Waals surface area contributed by atoms with Crippen molar-refractivity contribution in [1.29, 1.82) is 0 Å². The molecule has 74 valence electrons. The Bertz CT molecular complexity index is 581. The topological polar surface area (TPSA) is 54.4 Å². The molecule has 0 amide bonds. The SMILES string of the molecule is Cc1cc2cscc2cc1S(=O)(=O)O. The number of aryl methyl sites for hydroxylation is 1. The number of fused-ring (bicyclic) bond motifs is 1. The Hall–Kier alpha value is -0.910. The van der Waals surface area contributed by atoms with Crippen LogP contribution < -0.4 is 0 Å². The minimum Gasteiger partial charge on any atom is -0.282 e. The predicted octanol–water partition coefficient (Wildman–Crippen LogP) is 2.46. The maximum absolute atomic E-state index is 11.0. The van der Waals surface area contributed by atoms with Crippen LogP contribution in [0.3, 0.4) is 0 Å². The molecule has 1 N–H and O–H groups in total. The van der Waals surface area contributed by atoms with E-state index in [0.29, 0.717) is 5.56 Å². The zero-order chi connectivity index (χ0) is 10.3. The van der Waals surface area contributed by atoms with Crippen LogP contribution >= 0.6 is 11.3 Å². The van der Waals surface area contributed by atoms with Crippen molar-refractivity contribution in [3.05, 3.63) is 28.5 Å². The fraction of sp³-hybridized carbons (Fsp3) is 0.111. The highest BCUT2D eigenvalue weighted by molar-refractivity contribution is 7.85. The second-order valence-corrected chi connectivity index (χ2v) is 5.23. The van der Waals surface area contributed by atoms with E-state index in [1.165, 1.54) is 17.4 Å². The molecule has 0 atom stereocenters. The van der Waals surface area contributed by atoms with Gasteiger partial charge in [0.05, 0.1) is 4.90 Å². The molecular formula is C9H8O3S2. The molecule has 0 aliphatic carbocycles. The summed E-state index contributed by atoms with van der Waals surface area (Å²) < 4.78 is 30.9. The molecule has 14 heavy (non-hydrogen) atoms. The molecule has 0 unspecified atom stereocenters. The lowest BCUT2D eigenvalue weighted by Gasteiger charge is -2.02. The maximum Gasteiger partial charge on any atom is 0.294 e. The van der Waals surface area contributed by atoms with Crippen LogP contribution in [0.25, 0.3) is 10.8 Å². The molecule has 0 spiro atoms. The van der Waals surface area contributed by atoms with Crippen LogP contribution in [-0.2, 0) is 10.1 Å². The fourth-order valence-electron chi connectivity index (χ4n) is 1.39. The van der Waals surface area contributed by atoms with Crippen molar-refractivity contribution in [1.82, 2.24) is 0 Å². The Morgan fingerprint density at radius 3 is 2.36 bits per heavy atom. The summed E-state index contributed by atoms with van der Waals surface area (Å²) in [6, 6.07) is 3.26. The highest BCUT2D eigenvalue weighted by Crippen LogP contribution is 2.25. The van der Waals surface area contributed by atoms with Crippen molar-refractivity contribution < 1.29 is 13.0 Å². The molecule has 0 aliphatic heterocycles. The molecule has 2 rings (SSSR count). The van der Waals surface area contributed by atoms with Gasteiger partial charge in [-0.15, -0.1) is 0 Å². The van der Waals surface area contributed by atoms with Crippen molar-refractivity contribution in [2.24, 2.45) is 0 Å². The summed E-state index contributed by atoms with van der Waals surface area (Å²) in [6.07, 6.45) is 0.